The zero-order valence-corrected chi connectivity index (χ0v) is 18.8. The quantitative estimate of drug-likeness (QED) is 0.184. The Labute approximate surface area is 180 Å². The smallest absolute Gasteiger partial charge is 0.383 e. The number of halogens is 4. The summed E-state index contributed by atoms with van der Waals surface area (Å²) in [4.78, 5) is 4.28. The monoisotopic (exact) mass is 538 g/mol. The first kappa shape index (κ1) is 26.9. The van der Waals surface area contributed by atoms with Crippen molar-refractivity contribution in [3.05, 3.63) is 29.8 Å². The van der Waals surface area contributed by atoms with Gasteiger partial charge in [-0.25, -0.2) is 18.1 Å². The van der Waals surface area contributed by atoms with Crippen LogP contribution in [0.15, 0.2) is 34.2 Å². The minimum Gasteiger partial charge on any atom is -0.383 e. The first-order valence-electron chi connectivity index (χ1n) is 8.34. The van der Waals surface area contributed by atoms with Crippen molar-refractivity contribution in [1.29, 1.82) is 0 Å². The highest BCUT2D eigenvalue weighted by molar-refractivity contribution is 14.0. The molecular weight excluding hydrogens is 512 g/mol. The van der Waals surface area contributed by atoms with Crippen LogP contribution in [0.3, 0.4) is 0 Å². The van der Waals surface area contributed by atoms with Gasteiger partial charge in [0.1, 0.15) is 0 Å². The molecule has 0 spiro atoms. The summed E-state index contributed by atoms with van der Waals surface area (Å²) >= 11 is 0. The zero-order chi connectivity index (χ0) is 20.3. The Morgan fingerprint density at radius 2 is 1.93 bits per heavy atom. The maximum absolute atomic E-state index is 12.2. The van der Waals surface area contributed by atoms with E-state index in [2.05, 4.69) is 20.3 Å². The molecule has 0 fully saturated rings. The fourth-order valence-corrected chi connectivity index (χ4v) is 3.09. The number of ether oxygens (including phenoxy) is 1. The van der Waals surface area contributed by atoms with Crippen LogP contribution in [-0.4, -0.2) is 53.9 Å². The molecule has 1 aromatic carbocycles. The summed E-state index contributed by atoms with van der Waals surface area (Å²) in [6, 6.07) is 6.20. The van der Waals surface area contributed by atoms with Crippen LogP contribution < -0.4 is 15.4 Å². The molecule has 28 heavy (non-hydrogen) atoms. The van der Waals surface area contributed by atoms with Crippen molar-refractivity contribution >= 4 is 40.0 Å². The molecule has 162 valence electrons. The lowest BCUT2D eigenvalue weighted by Gasteiger charge is -2.12. The Morgan fingerprint density at radius 3 is 2.54 bits per heavy atom. The molecule has 7 nitrogen and oxygen atoms in total. The number of methoxy groups -OCH3 is 1. The predicted octanol–water partition coefficient (Wildman–Crippen LogP) is 2.24. The van der Waals surface area contributed by atoms with Gasteiger partial charge in [-0.3, -0.25) is 0 Å². The van der Waals surface area contributed by atoms with Crippen molar-refractivity contribution in [2.24, 2.45) is 4.99 Å². The molecule has 0 saturated carbocycles. The van der Waals surface area contributed by atoms with E-state index in [1.807, 2.05) is 0 Å². The number of guanidine groups is 1. The molecular formula is C16H26F3IN4O3S. The van der Waals surface area contributed by atoms with Gasteiger partial charge < -0.3 is 15.4 Å². The number of nitrogens with zero attached hydrogens (tertiary/aromatic N) is 1. The van der Waals surface area contributed by atoms with Gasteiger partial charge in [0, 0.05) is 26.7 Å². The van der Waals surface area contributed by atoms with E-state index in [0.717, 1.165) is 0 Å². The zero-order valence-electron chi connectivity index (χ0n) is 15.7. The number of alkyl halides is 3. The molecule has 0 saturated heterocycles. The summed E-state index contributed by atoms with van der Waals surface area (Å²) in [7, 11) is -2.20. The third-order valence-electron chi connectivity index (χ3n) is 3.27. The number of aliphatic imine (C=N–C) groups is 1. The van der Waals surface area contributed by atoms with Crippen LogP contribution in [-0.2, 0) is 21.3 Å². The number of hydrogen-bond donors (Lipinski definition) is 3. The Kier molecular flexibility index (Phi) is 12.6. The average molecular weight is 538 g/mol. The van der Waals surface area contributed by atoms with Crippen LogP contribution in [0, 0.1) is 0 Å². The number of rotatable bonds is 10. The van der Waals surface area contributed by atoms with Crippen LogP contribution in [0.5, 0.6) is 0 Å². The molecule has 12 heteroatoms. The molecule has 0 unspecified atom stereocenters. The Morgan fingerprint density at radius 1 is 1.21 bits per heavy atom. The number of sulfonamides is 1. The lowest BCUT2D eigenvalue weighted by atomic mass is 10.2. The number of benzene rings is 1. The summed E-state index contributed by atoms with van der Waals surface area (Å²) in [6.07, 6.45) is -5.22. The van der Waals surface area contributed by atoms with Crippen LogP contribution in [0.4, 0.5) is 13.2 Å². The van der Waals surface area contributed by atoms with E-state index in [0.29, 0.717) is 12.1 Å². The molecule has 0 aliphatic carbocycles. The second-order valence-electron chi connectivity index (χ2n) is 5.53. The maximum Gasteiger partial charge on any atom is 0.390 e. The van der Waals surface area contributed by atoms with E-state index in [-0.39, 0.29) is 61.1 Å². The summed E-state index contributed by atoms with van der Waals surface area (Å²) in [6.45, 7) is 2.49. The first-order valence-corrected chi connectivity index (χ1v) is 9.82. The van der Waals surface area contributed by atoms with Gasteiger partial charge in [-0.2, -0.15) is 13.2 Å². The van der Waals surface area contributed by atoms with Crippen LogP contribution in [0.2, 0.25) is 0 Å². The molecule has 0 heterocycles. The molecule has 0 radical (unpaired) electrons. The molecule has 0 atom stereocenters. The van der Waals surface area contributed by atoms with Crippen molar-refractivity contribution in [2.45, 2.75) is 31.0 Å². The predicted molar refractivity (Wildman–Crippen MR) is 112 cm³/mol. The highest BCUT2D eigenvalue weighted by Gasteiger charge is 2.26. The van der Waals surface area contributed by atoms with Crippen molar-refractivity contribution in [3.8, 4) is 0 Å². The highest BCUT2D eigenvalue weighted by Crippen LogP contribution is 2.18. The Hall–Kier alpha value is -1.12. The normalized spacial score (nSPS) is 12.4. The van der Waals surface area contributed by atoms with E-state index in [1.54, 1.807) is 19.1 Å². The summed E-state index contributed by atoms with van der Waals surface area (Å²) in [5.74, 6) is 0.230. The third kappa shape index (κ3) is 11.0. The van der Waals surface area contributed by atoms with E-state index >= 15 is 0 Å². The largest absolute Gasteiger partial charge is 0.390 e. The molecule has 1 rings (SSSR count). The summed E-state index contributed by atoms with van der Waals surface area (Å²) in [5.41, 5.74) is 0.609. The maximum atomic E-state index is 12.2. The van der Waals surface area contributed by atoms with Gasteiger partial charge in [0.05, 0.1) is 24.5 Å². The molecule has 0 amide bonds. The standard InChI is InChI=1S/C16H25F3N4O3S.HI/c1-3-20-15(21-8-7-16(17,18)19)22-12-13-5-4-6-14(11-13)27(24,25)23-9-10-26-2;/h4-6,11,23H,3,7-10,12H2,1-2H3,(H2,20,21,22);1H. The molecule has 0 aromatic heterocycles. The van der Waals surface area contributed by atoms with E-state index in [4.69, 9.17) is 4.74 Å². The Balaban J connectivity index is 0.00000729. The SMILES string of the molecule is CCNC(=NCc1cccc(S(=O)(=O)NCCOC)c1)NCCC(F)(F)F.I. The van der Waals surface area contributed by atoms with Gasteiger partial charge in [-0.1, -0.05) is 12.1 Å². The lowest BCUT2D eigenvalue weighted by Crippen LogP contribution is -2.38. The van der Waals surface area contributed by atoms with Gasteiger partial charge in [0.2, 0.25) is 10.0 Å². The lowest BCUT2D eigenvalue weighted by molar-refractivity contribution is -0.132. The van der Waals surface area contributed by atoms with Crippen molar-refractivity contribution in [2.75, 3.05) is 33.4 Å². The Bertz CT molecular complexity index is 715. The van der Waals surface area contributed by atoms with Gasteiger partial charge in [-0.05, 0) is 24.6 Å². The third-order valence-corrected chi connectivity index (χ3v) is 4.73. The topological polar surface area (TPSA) is 91.8 Å². The summed E-state index contributed by atoms with van der Waals surface area (Å²) < 4.78 is 68.3. The number of nitrogens with one attached hydrogen (secondary N) is 3. The molecule has 0 bridgehead atoms. The van der Waals surface area contributed by atoms with Crippen molar-refractivity contribution in [3.63, 3.8) is 0 Å². The van der Waals surface area contributed by atoms with Crippen LogP contribution in [0.25, 0.3) is 0 Å². The molecule has 0 aliphatic heterocycles. The van der Waals surface area contributed by atoms with Crippen molar-refractivity contribution in [1.82, 2.24) is 15.4 Å². The fourth-order valence-electron chi connectivity index (χ4n) is 2.01. The molecule has 0 aliphatic rings. The fraction of sp³-hybridized carbons (Fsp3) is 0.562. The van der Waals surface area contributed by atoms with Gasteiger partial charge in [0.15, 0.2) is 5.96 Å². The van der Waals surface area contributed by atoms with Gasteiger partial charge >= 0.3 is 6.18 Å². The van der Waals surface area contributed by atoms with Gasteiger partial charge in [-0.15, -0.1) is 24.0 Å². The second kappa shape index (κ2) is 13.2. The van der Waals surface area contributed by atoms with E-state index in [1.165, 1.54) is 19.2 Å². The van der Waals surface area contributed by atoms with E-state index < -0.39 is 22.6 Å². The van der Waals surface area contributed by atoms with Crippen LogP contribution in [0.1, 0.15) is 18.9 Å². The van der Waals surface area contributed by atoms with Crippen LogP contribution >= 0.6 is 24.0 Å². The van der Waals surface area contributed by atoms with Crippen molar-refractivity contribution < 1.29 is 26.3 Å². The van der Waals surface area contributed by atoms with Gasteiger partial charge in [0.25, 0.3) is 0 Å². The molecule has 3 N–H and O–H groups in total. The highest BCUT2D eigenvalue weighted by atomic mass is 127. The minimum atomic E-state index is -4.25. The molecule has 1 aromatic rings. The van der Waals surface area contributed by atoms with E-state index in [9.17, 15) is 21.6 Å². The average Bonchev–Trinajstić information content (AvgIpc) is 2.59. The summed E-state index contributed by atoms with van der Waals surface area (Å²) in [5, 5.41) is 5.45. The minimum absolute atomic E-state index is 0. The first-order chi connectivity index (χ1) is 12.7. The number of hydrogen-bond acceptors (Lipinski definition) is 4. The second-order valence-corrected chi connectivity index (χ2v) is 7.29.